The van der Waals surface area contributed by atoms with Gasteiger partial charge in [0.1, 0.15) is 11.9 Å². The molecule has 4 heteroatoms. The minimum absolute atomic E-state index is 0.185. The quantitative estimate of drug-likeness (QED) is 0.400. The molecule has 4 aromatic rings. The molecule has 1 aliphatic rings. The van der Waals surface area contributed by atoms with Crippen molar-refractivity contribution in [3.05, 3.63) is 108 Å². The fourth-order valence-corrected chi connectivity index (χ4v) is 4.35. The van der Waals surface area contributed by atoms with E-state index in [0.29, 0.717) is 13.0 Å². The Hall–Kier alpha value is -3.66. The van der Waals surface area contributed by atoms with Gasteiger partial charge in [-0.2, -0.15) is 0 Å². The van der Waals surface area contributed by atoms with Crippen molar-refractivity contribution in [3.63, 3.8) is 0 Å². The van der Waals surface area contributed by atoms with E-state index in [2.05, 4.69) is 29.2 Å². The van der Waals surface area contributed by atoms with E-state index < -0.39 is 0 Å². The summed E-state index contributed by atoms with van der Waals surface area (Å²) in [5, 5.41) is 0. The zero-order valence-electron chi connectivity index (χ0n) is 17.3. The molecule has 0 amide bonds. The first kappa shape index (κ1) is 19.3. The Bertz CT molecular complexity index is 1170. The highest BCUT2D eigenvalue weighted by atomic mass is 16.5. The standard InChI is InChI=1S/C27H24N2O2/c30-24-13-7-12-23-22(24)14-15-25(27(23)21-10-5-2-6-11-21)31-26(18-29-17-16-28-19-29)20-8-3-1-4-9-20/h1-6,8-11,14-17,19,26H,7,12-13,18H2. The van der Waals surface area contributed by atoms with Crippen molar-refractivity contribution in [2.75, 3.05) is 0 Å². The van der Waals surface area contributed by atoms with Crippen LogP contribution in [0.5, 0.6) is 5.75 Å². The van der Waals surface area contributed by atoms with E-state index in [-0.39, 0.29) is 11.9 Å². The van der Waals surface area contributed by atoms with Gasteiger partial charge in [0.15, 0.2) is 5.78 Å². The SMILES string of the molecule is O=C1CCCc2c1ccc(OC(Cn1ccnc1)c1ccccc1)c2-c1ccccc1. The highest BCUT2D eigenvalue weighted by Crippen LogP contribution is 2.40. The summed E-state index contributed by atoms with van der Waals surface area (Å²) < 4.78 is 8.73. The summed E-state index contributed by atoms with van der Waals surface area (Å²) in [7, 11) is 0. The number of ether oxygens (including phenoxy) is 1. The number of imidazole rings is 1. The summed E-state index contributed by atoms with van der Waals surface area (Å²) in [4.78, 5) is 16.8. The number of carbonyl (C=O) groups is 1. The summed E-state index contributed by atoms with van der Waals surface area (Å²) in [5.41, 5.74) is 5.16. The van der Waals surface area contributed by atoms with Crippen LogP contribution in [0.2, 0.25) is 0 Å². The van der Waals surface area contributed by atoms with Crippen molar-refractivity contribution in [2.24, 2.45) is 0 Å². The third kappa shape index (κ3) is 4.02. The topological polar surface area (TPSA) is 44.1 Å². The molecule has 0 saturated carbocycles. The van der Waals surface area contributed by atoms with Gasteiger partial charge in [-0.25, -0.2) is 4.98 Å². The second kappa shape index (κ2) is 8.60. The Morgan fingerprint density at radius 3 is 2.45 bits per heavy atom. The highest BCUT2D eigenvalue weighted by Gasteiger charge is 2.25. The zero-order chi connectivity index (χ0) is 21.0. The average Bonchev–Trinajstić information content (AvgIpc) is 3.33. The largest absolute Gasteiger partial charge is 0.483 e. The number of benzene rings is 3. The third-order valence-electron chi connectivity index (χ3n) is 5.84. The number of hydrogen-bond donors (Lipinski definition) is 0. The van der Waals surface area contributed by atoms with Crippen molar-refractivity contribution in [1.82, 2.24) is 9.55 Å². The first-order valence-corrected chi connectivity index (χ1v) is 10.7. The summed E-state index contributed by atoms with van der Waals surface area (Å²) in [6.07, 6.45) is 7.74. The van der Waals surface area contributed by atoms with Gasteiger partial charge in [-0.1, -0.05) is 60.7 Å². The lowest BCUT2D eigenvalue weighted by Gasteiger charge is -2.26. The predicted molar refractivity (Wildman–Crippen MR) is 121 cm³/mol. The molecule has 31 heavy (non-hydrogen) atoms. The number of hydrogen-bond acceptors (Lipinski definition) is 3. The lowest BCUT2D eigenvalue weighted by molar-refractivity contribution is 0.0972. The van der Waals surface area contributed by atoms with Gasteiger partial charge in [-0.3, -0.25) is 4.79 Å². The van der Waals surface area contributed by atoms with Gasteiger partial charge in [0, 0.05) is 29.9 Å². The summed E-state index contributed by atoms with van der Waals surface area (Å²) >= 11 is 0. The first-order chi connectivity index (χ1) is 15.3. The van der Waals surface area contributed by atoms with Crippen LogP contribution < -0.4 is 4.74 Å². The number of fused-ring (bicyclic) bond motifs is 1. The molecule has 0 N–H and O–H groups in total. The van der Waals surface area contributed by atoms with Crippen molar-refractivity contribution in [1.29, 1.82) is 0 Å². The normalized spacial score (nSPS) is 14.1. The van der Waals surface area contributed by atoms with Crippen LogP contribution in [-0.2, 0) is 13.0 Å². The van der Waals surface area contributed by atoms with Crippen LogP contribution in [0.3, 0.4) is 0 Å². The molecule has 5 rings (SSSR count). The molecule has 0 saturated heterocycles. The molecule has 4 nitrogen and oxygen atoms in total. The van der Waals surface area contributed by atoms with Crippen molar-refractivity contribution >= 4 is 5.78 Å². The average molecular weight is 409 g/mol. The van der Waals surface area contributed by atoms with Gasteiger partial charge in [0.05, 0.1) is 12.9 Å². The maximum absolute atomic E-state index is 12.6. The monoisotopic (exact) mass is 408 g/mol. The smallest absolute Gasteiger partial charge is 0.163 e. The van der Waals surface area contributed by atoms with Gasteiger partial charge in [-0.15, -0.1) is 0 Å². The molecule has 1 aromatic heterocycles. The fourth-order valence-electron chi connectivity index (χ4n) is 4.35. The van der Waals surface area contributed by atoms with Gasteiger partial charge in [-0.05, 0) is 41.7 Å². The maximum atomic E-state index is 12.6. The summed E-state index contributed by atoms with van der Waals surface area (Å²) in [6.45, 7) is 0.647. The van der Waals surface area contributed by atoms with Gasteiger partial charge >= 0.3 is 0 Å². The Morgan fingerprint density at radius 1 is 0.935 bits per heavy atom. The molecule has 0 radical (unpaired) electrons. The molecule has 0 bridgehead atoms. The lowest BCUT2D eigenvalue weighted by atomic mass is 9.84. The molecule has 1 heterocycles. The number of ketones is 1. The minimum Gasteiger partial charge on any atom is -0.483 e. The molecule has 0 spiro atoms. The van der Waals surface area contributed by atoms with Gasteiger partial charge in [0.25, 0.3) is 0 Å². The summed E-state index contributed by atoms with van der Waals surface area (Å²) in [5.74, 6) is 1.04. The van der Waals surface area contributed by atoms with Crippen molar-refractivity contribution in [3.8, 4) is 16.9 Å². The second-order valence-corrected chi connectivity index (χ2v) is 7.88. The lowest BCUT2D eigenvalue weighted by Crippen LogP contribution is -2.17. The van der Waals surface area contributed by atoms with Crippen molar-refractivity contribution < 1.29 is 9.53 Å². The Kier molecular flexibility index (Phi) is 5.36. The maximum Gasteiger partial charge on any atom is 0.163 e. The van der Waals surface area contributed by atoms with E-state index in [9.17, 15) is 4.79 Å². The molecule has 0 aliphatic heterocycles. The van der Waals surface area contributed by atoms with Crippen LogP contribution in [0.25, 0.3) is 11.1 Å². The minimum atomic E-state index is -0.185. The molecule has 1 aliphatic carbocycles. The van der Waals surface area contributed by atoms with E-state index in [4.69, 9.17) is 4.74 Å². The second-order valence-electron chi connectivity index (χ2n) is 7.88. The zero-order valence-corrected chi connectivity index (χ0v) is 17.3. The van der Waals surface area contributed by atoms with E-state index in [1.165, 1.54) is 0 Å². The Balaban J connectivity index is 1.60. The van der Waals surface area contributed by atoms with E-state index in [1.54, 1.807) is 6.20 Å². The summed E-state index contributed by atoms with van der Waals surface area (Å²) in [6, 6.07) is 24.4. The van der Waals surface area contributed by atoms with Crippen molar-refractivity contribution in [2.45, 2.75) is 31.9 Å². The van der Waals surface area contributed by atoms with E-state index in [1.807, 2.05) is 65.6 Å². The van der Waals surface area contributed by atoms with Gasteiger partial charge in [0.2, 0.25) is 0 Å². The van der Waals surface area contributed by atoms with Crippen LogP contribution in [-0.4, -0.2) is 15.3 Å². The Labute approximate surface area is 182 Å². The first-order valence-electron chi connectivity index (χ1n) is 10.7. The van der Waals surface area contributed by atoms with E-state index in [0.717, 1.165) is 46.4 Å². The molecular formula is C27H24N2O2. The molecular weight excluding hydrogens is 384 g/mol. The molecule has 0 fully saturated rings. The van der Waals surface area contributed by atoms with Gasteiger partial charge < -0.3 is 9.30 Å². The number of nitrogens with zero attached hydrogens (tertiary/aromatic N) is 2. The van der Waals surface area contributed by atoms with Crippen LogP contribution in [0, 0.1) is 0 Å². The molecule has 1 unspecified atom stereocenters. The van der Waals surface area contributed by atoms with Crippen LogP contribution >= 0.6 is 0 Å². The fraction of sp³-hybridized carbons (Fsp3) is 0.185. The third-order valence-corrected chi connectivity index (χ3v) is 5.84. The Morgan fingerprint density at radius 2 is 1.71 bits per heavy atom. The number of carbonyl (C=O) groups excluding carboxylic acids is 1. The number of Topliss-reactive ketones (excluding diaryl/α,β-unsaturated/α-hetero) is 1. The molecule has 1 atom stereocenters. The predicted octanol–water partition coefficient (Wildman–Crippen LogP) is 5.89. The number of aromatic nitrogens is 2. The van der Waals surface area contributed by atoms with Crippen LogP contribution in [0.4, 0.5) is 0 Å². The number of rotatable bonds is 6. The van der Waals surface area contributed by atoms with Crippen LogP contribution in [0.15, 0.2) is 91.5 Å². The highest BCUT2D eigenvalue weighted by molar-refractivity contribution is 6.01. The van der Waals surface area contributed by atoms with E-state index >= 15 is 0 Å². The van der Waals surface area contributed by atoms with Crippen LogP contribution in [0.1, 0.15) is 40.4 Å². The molecule has 3 aromatic carbocycles. The molecule has 154 valence electrons.